The molecule has 0 aliphatic heterocycles. The van der Waals surface area contributed by atoms with E-state index in [2.05, 4.69) is 5.32 Å². The van der Waals surface area contributed by atoms with Crippen molar-refractivity contribution in [1.82, 2.24) is 0 Å². The van der Waals surface area contributed by atoms with Crippen LogP contribution in [0.2, 0.25) is 0 Å². The van der Waals surface area contributed by atoms with Gasteiger partial charge in [-0.15, -0.1) is 0 Å². The highest BCUT2D eigenvalue weighted by atomic mass is 127. The van der Waals surface area contributed by atoms with Gasteiger partial charge in [0.2, 0.25) is 0 Å². The van der Waals surface area contributed by atoms with Gasteiger partial charge < -0.3 is 19.2 Å². The first-order chi connectivity index (χ1) is 12.5. The second-order valence-corrected chi connectivity index (χ2v) is 5.96. The molecule has 0 atom stereocenters. The highest BCUT2D eigenvalue weighted by Gasteiger charge is 2.14. The number of hydrogen-bond acceptors (Lipinski definition) is 6. The number of nitrogens with one attached hydrogen (secondary N) is 1. The molecule has 0 saturated carbocycles. The number of furan rings is 1. The average Bonchev–Trinajstić information content (AvgIpc) is 3.04. The lowest BCUT2D eigenvalue weighted by Gasteiger charge is -2.10. The molecule has 8 heteroatoms. The molecule has 0 aliphatic rings. The lowest BCUT2D eigenvalue weighted by Crippen LogP contribution is -2.21. The molecule has 1 N–H and O–H groups in total. The second-order valence-electron chi connectivity index (χ2n) is 4.90. The average molecular weight is 469 g/mol. The number of carbonyl (C=O) groups is 3. The van der Waals surface area contributed by atoms with Gasteiger partial charge in [0.05, 0.1) is 17.9 Å². The van der Waals surface area contributed by atoms with E-state index in [4.69, 9.17) is 13.9 Å². The van der Waals surface area contributed by atoms with Crippen molar-refractivity contribution in [3.8, 4) is 0 Å². The maximum atomic E-state index is 11.9. The summed E-state index contributed by atoms with van der Waals surface area (Å²) >= 11 is 2.00. The van der Waals surface area contributed by atoms with Crippen molar-refractivity contribution in [2.75, 3.05) is 18.5 Å². The van der Waals surface area contributed by atoms with Crippen LogP contribution in [0.1, 0.15) is 23.0 Å². The van der Waals surface area contributed by atoms with E-state index < -0.39 is 24.5 Å². The van der Waals surface area contributed by atoms with Crippen molar-refractivity contribution in [2.24, 2.45) is 0 Å². The summed E-state index contributed by atoms with van der Waals surface area (Å²) in [4.78, 5) is 35.4. The van der Waals surface area contributed by atoms with Crippen LogP contribution < -0.4 is 5.32 Å². The summed E-state index contributed by atoms with van der Waals surface area (Å²) in [5.41, 5.74) is 0.508. The molecule has 26 heavy (non-hydrogen) atoms. The van der Waals surface area contributed by atoms with Crippen molar-refractivity contribution in [1.29, 1.82) is 0 Å². The molecule has 0 spiro atoms. The van der Waals surface area contributed by atoms with Crippen LogP contribution in [0.25, 0.3) is 6.08 Å². The molecule has 7 nitrogen and oxygen atoms in total. The number of anilines is 1. The molecular weight excluding hydrogens is 453 g/mol. The van der Waals surface area contributed by atoms with Crippen molar-refractivity contribution in [2.45, 2.75) is 6.92 Å². The Labute approximate surface area is 163 Å². The zero-order valence-corrected chi connectivity index (χ0v) is 16.0. The van der Waals surface area contributed by atoms with Crippen LogP contribution in [-0.2, 0) is 19.1 Å². The van der Waals surface area contributed by atoms with E-state index in [9.17, 15) is 14.4 Å². The lowest BCUT2D eigenvalue weighted by atomic mass is 10.2. The van der Waals surface area contributed by atoms with Crippen molar-refractivity contribution in [3.63, 3.8) is 0 Å². The summed E-state index contributed by atoms with van der Waals surface area (Å²) in [6.45, 7) is 1.42. The minimum atomic E-state index is -0.690. The quantitative estimate of drug-likeness (QED) is 0.380. The van der Waals surface area contributed by atoms with E-state index in [-0.39, 0.29) is 17.9 Å². The Morgan fingerprint density at radius 3 is 2.62 bits per heavy atom. The Hall–Kier alpha value is -2.62. The number of rotatable bonds is 7. The van der Waals surface area contributed by atoms with E-state index in [1.807, 2.05) is 22.6 Å². The van der Waals surface area contributed by atoms with Crippen LogP contribution in [0.5, 0.6) is 0 Å². The fourth-order valence-electron chi connectivity index (χ4n) is 1.92. The monoisotopic (exact) mass is 469 g/mol. The SMILES string of the molecule is CCOC(=O)c1ccccc1NC(=O)COC(=O)/C=C/c1ccc(I)o1. The van der Waals surface area contributed by atoms with Crippen LogP contribution in [0.4, 0.5) is 5.69 Å². The molecule has 1 aromatic carbocycles. The predicted octanol–water partition coefficient (Wildman–Crippen LogP) is 3.26. The number of esters is 2. The molecule has 0 saturated heterocycles. The number of ether oxygens (including phenoxy) is 2. The number of amides is 1. The van der Waals surface area contributed by atoms with Gasteiger partial charge in [0.25, 0.3) is 5.91 Å². The summed E-state index contributed by atoms with van der Waals surface area (Å²) in [6, 6.07) is 9.86. The van der Waals surface area contributed by atoms with Crippen molar-refractivity contribution >= 4 is 52.2 Å². The maximum absolute atomic E-state index is 11.9. The summed E-state index contributed by atoms with van der Waals surface area (Å²) in [7, 11) is 0. The minimum absolute atomic E-state index is 0.222. The van der Waals surface area contributed by atoms with E-state index in [0.717, 1.165) is 6.08 Å². The molecule has 0 unspecified atom stereocenters. The molecule has 0 bridgehead atoms. The molecule has 0 aliphatic carbocycles. The fraction of sp³-hybridized carbons (Fsp3) is 0.167. The van der Waals surface area contributed by atoms with Crippen LogP contribution >= 0.6 is 22.6 Å². The molecule has 1 amide bonds. The third-order valence-corrected chi connectivity index (χ3v) is 3.60. The lowest BCUT2D eigenvalue weighted by molar-refractivity contribution is -0.142. The second kappa shape index (κ2) is 9.76. The maximum Gasteiger partial charge on any atom is 0.340 e. The van der Waals surface area contributed by atoms with Gasteiger partial charge in [-0.2, -0.15) is 0 Å². The standard InChI is InChI=1S/C18H16INO6/c1-2-24-18(23)13-5-3-4-6-14(13)20-16(21)11-25-17(22)10-8-12-7-9-15(19)26-12/h3-10H,2,11H2,1H3,(H,20,21)/b10-8+. The molecule has 136 valence electrons. The van der Waals surface area contributed by atoms with E-state index in [0.29, 0.717) is 9.53 Å². The largest absolute Gasteiger partial charge is 0.462 e. The first-order valence-electron chi connectivity index (χ1n) is 7.65. The highest BCUT2D eigenvalue weighted by Crippen LogP contribution is 2.16. The summed E-state index contributed by atoms with van der Waals surface area (Å²) in [5, 5.41) is 2.52. The number of carbonyl (C=O) groups excluding carboxylic acids is 3. The summed E-state index contributed by atoms with van der Waals surface area (Å²) in [5.74, 6) is -1.31. The Morgan fingerprint density at radius 1 is 1.15 bits per heavy atom. The zero-order valence-electron chi connectivity index (χ0n) is 13.9. The van der Waals surface area contributed by atoms with Gasteiger partial charge >= 0.3 is 11.9 Å². The Morgan fingerprint density at radius 2 is 1.92 bits per heavy atom. The summed E-state index contributed by atoms with van der Waals surface area (Å²) < 4.78 is 15.7. The first-order valence-corrected chi connectivity index (χ1v) is 8.73. The van der Waals surface area contributed by atoms with Gasteiger partial charge in [0.1, 0.15) is 5.76 Å². The van der Waals surface area contributed by atoms with Crippen LogP contribution in [0.3, 0.4) is 0 Å². The molecule has 1 aromatic heterocycles. The van der Waals surface area contributed by atoms with Gasteiger partial charge in [-0.25, -0.2) is 9.59 Å². The predicted molar refractivity (Wildman–Crippen MR) is 102 cm³/mol. The topological polar surface area (TPSA) is 94.8 Å². The van der Waals surface area contributed by atoms with E-state index >= 15 is 0 Å². The van der Waals surface area contributed by atoms with Gasteiger partial charge in [-0.1, -0.05) is 12.1 Å². The molecule has 1 heterocycles. The van der Waals surface area contributed by atoms with Crippen LogP contribution in [-0.4, -0.2) is 31.1 Å². The third kappa shape index (κ3) is 6.03. The van der Waals surface area contributed by atoms with Crippen molar-refractivity contribution < 1.29 is 28.3 Å². The number of benzene rings is 1. The Bertz CT molecular complexity index is 827. The molecule has 2 rings (SSSR count). The number of hydrogen-bond donors (Lipinski definition) is 1. The Kier molecular flexibility index (Phi) is 7.39. The Balaban J connectivity index is 1.88. The minimum Gasteiger partial charge on any atom is -0.462 e. The summed E-state index contributed by atoms with van der Waals surface area (Å²) in [6.07, 6.45) is 2.60. The first kappa shape index (κ1) is 19.7. The van der Waals surface area contributed by atoms with E-state index in [1.54, 1.807) is 37.3 Å². The van der Waals surface area contributed by atoms with Gasteiger partial charge in [0.15, 0.2) is 10.4 Å². The molecule has 0 radical (unpaired) electrons. The van der Waals surface area contributed by atoms with Crippen molar-refractivity contribution in [3.05, 3.63) is 57.6 Å². The van der Waals surface area contributed by atoms with Gasteiger partial charge in [-0.05, 0) is 59.9 Å². The molecule has 2 aromatic rings. The van der Waals surface area contributed by atoms with Gasteiger partial charge in [-0.3, -0.25) is 4.79 Å². The highest BCUT2D eigenvalue weighted by molar-refractivity contribution is 14.1. The zero-order chi connectivity index (χ0) is 18.9. The van der Waals surface area contributed by atoms with E-state index in [1.165, 1.54) is 12.1 Å². The normalized spacial score (nSPS) is 10.5. The fourth-order valence-corrected chi connectivity index (χ4v) is 2.35. The molecule has 0 fully saturated rings. The van der Waals surface area contributed by atoms with Crippen LogP contribution in [0.15, 0.2) is 46.9 Å². The molecular formula is C18H16INO6. The smallest absolute Gasteiger partial charge is 0.340 e. The van der Waals surface area contributed by atoms with Gasteiger partial charge in [0, 0.05) is 6.08 Å². The third-order valence-electron chi connectivity index (χ3n) is 3.02. The number of para-hydroxylation sites is 1. The van der Waals surface area contributed by atoms with Crippen LogP contribution in [0, 0.1) is 3.77 Å². The number of halogens is 1.